The third kappa shape index (κ3) is 4.26. The Morgan fingerprint density at radius 2 is 1.85 bits per heavy atom. The summed E-state index contributed by atoms with van der Waals surface area (Å²) in [5.74, 6) is 0.883. The highest BCUT2D eigenvalue weighted by molar-refractivity contribution is 7.18. The molecule has 0 N–H and O–H groups in total. The minimum absolute atomic E-state index is 0.287. The zero-order valence-corrected chi connectivity index (χ0v) is 16.5. The molecule has 0 unspecified atom stereocenters. The maximum Gasteiger partial charge on any atom is 0.225 e. The molecular weight excluding hydrogens is 376 g/mol. The lowest BCUT2D eigenvalue weighted by Gasteiger charge is -2.24. The number of benzene rings is 1. The van der Waals surface area contributed by atoms with Crippen molar-refractivity contribution in [3.05, 3.63) is 82.2 Å². The largest absolute Gasteiger partial charge is 0.351 e. The van der Waals surface area contributed by atoms with Crippen LogP contribution < -0.4 is 4.90 Å². The highest BCUT2D eigenvalue weighted by Gasteiger charge is 2.17. The first-order valence-electron chi connectivity index (χ1n) is 8.81. The number of hydrogen-bond donors (Lipinski definition) is 0. The van der Waals surface area contributed by atoms with Crippen molar-refractivity contribution in [2.45, 2.75) is 19.9 Å². The summed E-state index contributed by atoms with van der Waals surface area (Å²) in [6.45, 7) is 3.63. The lowest BCUT2D eigenvalue weighted by Crippen LogP contribution is -2.26. The van der Waals surface area contributed by atoms with E-state index in [-0.39, 0.29) is 5.28 Å². The summed E-state index contributed by atoms with van der Waals surface area (Å²) in [5, 5.41) is 1.34. The van der Waals surface area contributed by atoms with Gasteiger partial charge in [0.15, 0.2) is 0 Å². The molecule has 0 saturated carbocycles. The van der Waals surface area contributed by atoms with Crippen LogP contribution in [0.4, 0.5) is 5.82 Å². The molecule has 0 bridgehead atoms. The zero-order chi connectivity index (χ0) is 18.6. The van der Waals surface area contributed by atoms with Crippen molar-refractivity contribution < 1.29 is 0 Å². The second-order valence-corrected chi connectivity index (χ2v) is 7.94. The lowest BCUT2D eigenvalue weighted by molar-refractivity contribution is 0.761. The number of rotatable bonds is 6. The van der Waals surface area contributed by atoms with Crippen molar-refractivity contribution >= 4 is 39.0 Å². The van der Waals surface area contributed by atoms with E-state index < -0.39 is 0 Å². The smallest absolute Gasteiger partial charge is 0.225 e. The first-order valence-corrected chi connectivity index (χ1v) is 10.0. The van der Waals surface area contributed by atoms with Crippen LogP contribution in [-0.2, 0) is 13.0 Å². The maximum absolute atomic E-state index is 6.24. The Balaban J connectivity index is 1.70. The van der Waals surface area contributed by atoms with Crippen LogP contribution >= 0.6 is 22.9 Å². The molecule has 0 atom stereocenters. The van der Waals surface area contributed by atoms with Gasteiger partial charge >= 0.3 is 0 Å². The topological polar surface area (TPSA) is 41.9 Å². The average molecular weight is 395 g/mol. The molecule has 0 aliphatic heterocycles. The van der Waals surface area contributed by atoms with Gasteiger partial charge in [0, 0.05) is 36.3 Å². The molecule has 4 aromatic rings. The number of hydrogen-bond acceptors (Lipinski definition) is 5. The van der Waals surface area contributed by atoms with E-state index in [4.69, 9.17) is 11.6 Å². The molecule has 136 valence electrons. The molecule has 1 aromatic carbocycles. The lowest BCUT2D eigenvalue weighted by atomic mass is 10.2. The Hall–Kier alpha value is -2.50. The van der Waals surface area contributed by atoms with Crippen molar-refractivity contribution in [2.24, 2.45) is 0 Å². The van der Waals surface area contributed by atoms with Crippen molar-refractivity contribution in [3.8, 4) is 0 Å². The number of aryl methyl sites for hydroxylation is 1. The van der Waals surface area contributed by atoms with Crippen molar-refractivity contribution in [1.82, 2.24) is 15.0 Å². The van der Waals surface area contributed by atoms with E-state index >= 15 is 0 Å². The Morgan fingerprint density at radius 1 is 1.04 bits per heavy atom. The van der Waals surface area contributed by atoms with E-state index in [2.05, 4.69) is 63.2 Å². The summed E-state index contributed by atoms with van der Waals surface area (Å²) >= 11 is 7.89. The van der Waals surface area contributed by atoms with Gasteiger partial charge in [0.05, 0.1) is 5.39 Å². The highest BCUT2D eigenvalue weighted by Crippen LogP contribution is 2.32. The van der Waals surface area contributed by atoms with Crippen molar-refractivity contribution in [2.75, 3.05) is 11.4 Å². The van der Waals surface area contributed by atoms with E-state index in [1.165, 1.54) is 10.4 Å². The van der Waals surface area contributed by atoms with Crippen LogP contribution in [-0.4, -0.2) is 21.5 Å². The number of halogens is 1. The van der Waals surface area contributed by atoms with Gasteiger partial charge < -0.3 is 4.90 Å². The van der Waals surface area contributed by atoms with Gasteiger partial charge in [-0.25, -0.2) is 4.98 Å². The minimum Gasteiger partial charge on any atom is -0.351 e. The molecule has 6 heteroatoms. The first kappa shape index (κ1) is 17.9. The summed E-state index contributed by atoms with van der Waals surface area (Å²) in [6, 6.07) is 18.6. The molecule has 0 amide bonds. The molecule has 0 aliphatic rings. The minimum atomic E-state index is 0.287. The Morgan fingerprint density at radius 3 is 2.63 bits per heavy atom. The third-order valence-corrected chi connectivity index (χ3v) is 5.46. The summed E-state index contributed by atoms with van der Waals surface area (Å²) in [7, 11) is 0. The fraction of sp³-hybridized carbons (Fsp3) is 0.190. The average Bonchev–Trinajstić information content (AvgIpc) is 3.06. The van der Waals surface area contributed by atoms with E-state index in [1.807, 2.05) is 24.4 Å². The number of aromatic nitrogens is 3. The summed E-state index contributed by atoms with van der Waals surface area (Å²) in [6.07, 6.45) is 2.67. The van der Waals surface area contributed by atoms with E-state index in [9.17, 15) is 0 Å². The number of anilines is 1. The summed E-state index contributed by atoms with van der Waals surface area (Å²) in [4.78, 5) is 17.8. The van der Waals surface area contributed by atoms with E-state index in [0.29, 0.717) is 0 Å². The molecule has 27 heavy (non-hydrogen) atoms. The van der Waals surface area contributed by atoms with Crippen molar-refractivity contribution in [3.63, 3.8) is 0 Å². The monoisotopic (exact) mass is 394 g/mol. The predicted molar refractivity (Wildman–Crippen MR) is 113 cm³/mol. The van der Waals surface area contributed by atoms with Crippen LogP contribution in [0.25, 0.3) is 10.2 Å². The highest BCUT2D eigenvalue weighted by atomic mass is 35.5. The fourth-order valence-corrected chi connectivity index (χ4v) is 4.19. The second kappa shape index (κ2) is 8.03. The van der Waals surface area contributed by atoms with Gasteiger partial charge in [-0.2, -0.15) is 4.98 Å². The van der Waals surface area contributed by atoms with Gasteiger partial charge in [0.2, 0.25) is 5.28 Å². The molecule has 0 spiro atoms. The molecule has 3 heterocycles. The fourth-order valence-electron chi connectivity index (χ4n) is 3.10. The quantitative estimate of drug-likeness (QED) is 0.416. The SMILES string of the molecule is Cc1cc2c(N(CCc3ccccn3)Cc3ccccc3)nc(Cl)nc2s1. The van der Waals surface area contributed by atoms with Crippen molar-refractivity contribution in [1.29, 1.82) is 0 Å². The normalized spacial score (nSPS) is 11.0. The number of nitrogens with zero attached hydrogens (tertiary/aromatic N) is 4. The van der Waals surface area contributed by atoms with Gasteiger partial charge in [-0.15, -0.1) is 11.3 Å². The van der Waals surface area contributed by atoms with Gasteiger partial charge in [0.25, 0.3) is 0 Å². The van der Waals surface area contributed by atoms with E-state index in [1.54, 1.807) is 11.3 Å². The number of fused-ring (bicyclic) bond motifs is 1. The number of thiophene rings is 1. The molecule has 0 radical (unpaired) electrons. The summed E-state index contributed by atoms with van der Waals surface area (Å²) < 4.78 is 0. The van der Waals surface area contributed by atoms with Gasteiger partial charge in [-0.05, 0) is 42.3 Å². The van der Waals surface area contributed by atoms with Crippen LogP contribution in [0, 0.1) is 6.92 Å². The first-order chi connectivity index (χ1) is 13.2. The van der Waals surface area contributed by atoms with Gasteiger partial charge in [-0.3, -0.25) is 4.98 Å². The van der Waals surface area contributed by atoms with E-state index in [0.717, 1.165) is 41.2 Å². The molecule has 4 rings (SSSR count). The Kier molecular flexibility index (Phi) is 5.32. The molecule has 4 nitrogen and oxygen atoms in total. The third-order valence-electron chi connectivity index (χ3n) is 4.35. The molecular formula is C21H19ClN4S. The van der Waals surface area contributed by atoms with Crippen LogP contribution in [0.2, 0.25) is 5.28 Å². The Labute approximate surface area is 167 Å². The van der Waals surface area contributed by atoms with Crippen LogP contribution in [0.1, 0.15) is 16.1 Å². The second-order valence-electron chi connectivity index (χ2n) is 6.37. The molecule has 3 aromatic heterocycles. The van der Waals surface area contributed by atoms with Crippen LogP contribution in [0.5, 0.6) is 0 Å². The Bertz CT molecular complexity index is 1030. The van der Waals surface area contributed by atoms with Gasteiger partial charge in [0.1, 0.15) is 10.6 Å². The van der Waals surface area contributed by atoms with Crippen LogP contribution in [0.3, 0.4) is 0 Å². The summed E-state index contributed by atoms with van der Waals surface area (Å²) in [5.41, 5.74) is 2.29. The molecule has 0 fully saturated rings. The standard InChI is InChI=1S/C21H19ClN4S/c1-15-13-18-19(24-21(22)25-20(18)27-15)26(14-16-7-3-2-4-8-16)12-10-17-9-5-6-11-23-17/h2-9,11,13H,10,12,14H2,1H3. The number of pyridine rings is 1. The maximum atomic E-state index is 6.24. The van der Waals surface area contributed by atoms with Crippen LogP contribution in [0.15, 0.2) is 60.8 Å². The molecule has 0 saturated heterocycles. The van der Waals surface area contributed by atoms with Gasteiger partial charge in [-0.1, -0.05) is 36.4 Å². The predicted octanol–water partition coefficient (Wildman–Crippen LogP) is 5.30. The zero-order valence-electron chi connectivity index (χ0n) is 15.0. The molecule has 0 aliphatic carbocycles.